The molecule has 166 valence electrons. The van der Waals surface area contributed by atoms with Crippen LogP contribution >= 0.6 is 0 Å². The van der Waals surface area contributed by atoms with E-state index in [1.54, 1.807) is 18.5 Å². The summed E-state index contributed by atoms with van der Waals surface area (Å²) in [5, 5.41) is 6.43. The fourth-order valence-corrected chi connectivity index (χ4v) is 3.23. The molecule has 31 heavy (non-hydrogen) atoms. The molecule has 0 bridgehead atoms. The summed E-state index contributed by atoms with van der Waals surface area (Å²) < 4.78 is 5.68. The number of carbonyl (C=O) groups excluding carboxylic acids is 1. The van der Waals surface area contributed by atoms with Crippen molar-refractivity contribution < 1.29 is 9.53 Å². The molecule has 0 spiro atoms. The molecule has 1 amide bonds. The van der Waals surface area contributed by atoms with Crippen LogP contribution in [0.5, 0.6) is 5.75 Å². The maximum atomic E-state index is 12.5. The average Bonchev–Trinajstić information content (AvgIpc) is 2.83. The maximum Gasteiger partial charge on any atom is 0.225 e. The largest absolute Gasteiger partial charge is 0.492 e. The monoisotopic (exact) mass is 425 g/mol. The quantitative estimate of drug-likeness (QED) is 0.354. The van der Waals surface area contributed by atoms with Gasteiger partial charge in [-0.25, -0.2) is 9.97 Å². The average molecular weight is 426 g/mol. The first kappa shape index (κ1) is 22.3. The molecular formula is C22H31N7O2. The van der Waals surface area contributed by atoms with E-state index in [-0.39, 0.29) is 5.91 Å². The zero-order valence-electron chi connectivity index (χ0n) is 18.0. The molecule has 1 aromatic carbocycles. The summed E-state index contributed by atoms with van der Waals surface area (Å²) in [6, 6.07) is 11.5. The number of carbonyl (C=O) groups is 1. The zero-order chi connectivity index (χ0) is 21.7. The Kier molecular flexibility index (Phi) is 8.90. The van der Waals surface area contributed by atoms with E-state index >= 15 is 0 Å². The lowest BCUT2D eigenvalue weighted by Gasteiger charge is -2.34. The van der Waals surface area contributed by atoms with Gasteiger partial charge < -0.3 is 25.2 Å². The normalized spacial score (nSPS) is 14.3. The molecule has 0 atom stereocenters. The lowest BCUT2D eigenvalue weighted by Crippen LogP contribution is -2.49. The maximum absolute atomic E-state index is 12.5. The molecule has 1 aromatic heterocycles. The van der Waals surface area contributed by atoms with Gasteiger partial charge in [-0.1, -0.05) is 18.2 Å². The van der Waals surface area contributed by atoms with Gasteiger partial charge >= 0.3 is 0 Å². The zero-order valence-corrected chi connectivity index (χ0v) is 18.0. The number of para-hydroxylation sites is 1. The van der Waals surface area contributed by atoms with Crippen LogP contribution in [0.1, 0.15) is 13.3 Å². The lowest BCUT2D eigenvalue weighted by atomic mass is 10.3. The van der Waals surface area contributed by atoms with E-state index in [1.165, 1.54) is 0 Å². The van der Waals surface area contributed by atoms with Crippen LogP contribution < -0.4 is 20.3 Å². The Morgan fingerprint density at radius 3 is 2.52 bits per heavy atom. The Labute approximate surface area is 183 Å². The first-order valence-electron chi connectivity index (χ1n) is 10.8. The summed E-state index contributed by atoms with van der Waals surface area (Å²) in [6.45, 7) is 7.19. The molecule has 0 aliphatic carbocycles. The van der Waals surface area contributed by atoms with Crippen LogP contribution in [-0.2, 0) is 4.79 Å². The van der Waals surface area contributed by atoms with Crippen LogP contribution in [0.15, 0.2) is 53.8 Å². The first-order valence-corrected chi connectivity index (χ1v) is 10.8. The number of ether oxygens (including phenoxy) is 1. The van der Waals surface area contributed by atoms with Crippen molar-refractivity contribution in [3.63, 3.8) is 0 Å². The number of nitrogens with one attached hydrogen (secondary N) is 2. The van der Waals surface area contributed by atoms with Gasteiger partial charge in [0.05, 0.1) is 13.1 Å². The van der Waals surface area contributed by atoms with Crippen LogP contribution in [-0.4, -0.2) is 79.2 Å². The van der Waals surface area contributed by atoms with Crippen LogP contribution in [0.2, 0.25) is 0 Å². The van der Waals surface area contributed by atoms with Crippen molar-refractivity contribution in [2.24, 2.45) is 4.99 Å². The molecule has 0 saturated carbocycles. The number of hydrogen-bond donors (Lipinski definition) is 2. The van der Waals surface area contributed by atoms with Gasteiger partial charge in [-0.05, 0) is 25.1 Å². The highest BCUT2D eigenvalue weighted by molar-refractivity contribution is 5.81. The fourth-order valence-electron chi connectivity index (χ4n) is 3.23. The first-order chi connectivity index (χ1) is 15.3. The van der Waals surface area contributed by atoms with E-state index in [4.69, 9.17) is 4.74 Å². The smallest absolute Gasteiger partial charge is 0.225 e. The Bertz CT molecular complexity index is 809. The van der Waals surface area contributed by atoms with Gasteiger partial charge in [-0.3, -0.25) is 9.79 Å². The third-order valence-corrected chi connectivity index (χ3v) is 4.81. The van der Waals surface area contributed by atoms with Crippen molar-refractivity contribution in [3.05, 3.63) is 48.8 Å². The minimum absolute atomic E-state index is 0.126. The minimum atomic E-state index is 0.126. The molecule has 0 radical (unpaired) electrons. The molecule has 1 saturated heterocycles. The number of nitrogens with zero attached hydrogens (tertiary/aromatic N) is 5. The third-order valence-electron chi connectivity index (χ3n) is 4.81. The highest BCUT2D eigenvalue weighted by Crippen LogP contribution is 2.10. The minimum Gasteiger partial charge on any atom is -0.492 e. The van der Waals surface area contributed by atoms with Gasteiger partial charge in [0.15, 0.2) is 5.96 Å². The summed E-state index contributed by atoms with van der Waals surface area (Å²) >= 11 is 0. The van der Waals surface area contributed by atoms with Gasteiger partial charge in [-0.15, -0.1) is 0 Å². The van der Waals surface area contributed by atoms with Crippen LogP contribution in [0.4, 0.5) is 5.95 Å². The Hall–Kier alpha value is -3.36. The number of aromatic nitrogens is 2. The predicted molar refractivity (Wildman–Crippen MR) is 121 cm³/mol. The van der Waals surface area contributed by atoms with E-state index in [0.29, 0.717) is 45.2 Å². The van der Waals surface area contributed by atoms with Crippen molar-refractivity contribution in [1.29, 1.82) is 0 Å². The summed E-state index contributed by atoms with van der Waals surface area (Å²) in [6.07, 6.45) is 3.86. The summed E-state index contributed by atoms with van der Waals surface area (Å²) in [5.74, 6) is 2.38. The molecule has 2 heterocycles. The van der Waals surface area contributed by atoms with Crippen LogP contribution in [0, 0.1) is 0 Å². The number of rotatable bonds is 9. The molecule has 3 rings (SSSR count). The Morgan fingerprint density at radius 2 is 1.81 bits per heavy atom. The molecule has 1 aliphatic heterocycles. The summed E-state index contributed by atoms with van der Waals surface area (Å²) in [4.78, 5) is 29.6. The van der Waals surface area contributed by atoms with E-state index < -0.39 is 0 Å². The predicted octanol–water partition coefficient (Wildman–Crippen LogP) is 1.15. The molecule has 2 aromatic rings. The van der Waals surface area contributed by atoms with E-state index in [9.17, 15) is 4.79 Å². The number of guanidine groups is 1. The highest BCUT2D eigenvalue weighted by Gasteiger charge is 2.21. The molecule has 9 heteroatoms. The second-order valence-electron chi connectivity index (χ2n) is 7.02. The number of hydrogen-bond acceptors (Lipinski definition) is 6. The summed E-state index contributed by atoms with van der Waals surface area (Å²) in [7, 11) is 0. The number of amides is 1. The topological polar surface area (TPSA) is 95.0 Å². The fraction of sp³-hybridized carbons (Fsp3) is 0.455. The van der Waals surface area contributed by atoms with Crippen LogP contribution in [0.3, 0.4) is 0 Å². The van der Waals surface area contributed by atoms with Crippen LogP contribution in [0.25, 0.3) is 0 Å². The van der Waals surface area contributed by atoms with Crippen molar-refractivity contribution in [1.82, 2.24) is 25.5 Å². The molecule has 0 unspecified atom stereocenters. The molecule has 2 N–H and O–H groups in total. The molecular weight excluding hydrogens is 394 g/mol. The third kappa shape index (κ3) is 7.44. The van der Waals surface area contributed by atoms with Crippen molar-refractivity contribution in [2.45, 2.75) is 13.3 Å². The SMILES string of the molecule is CCNC(=NCCC(=O)N1CCN(c2ncccn2)CC1)NCCOc1ccccc1. The van der Waals surface area contributed by atoms with Gasteiger partial charge in [0.25, 0.3) is 0 Å². The van der Waals surface area contributed by atoms with E-state index in [0.717, 1.165) is 31.3 Å². The Morgan fingerprint density at radius 1 is 1.06 bits per heavy atom. The molecule has 1 fully saturated rings. The van der Waals surface area contributed by atoms with Gasteiger partial charge in [-0.2, -0.15) is 0 Å². The highest BCUT2D eigenvalue weighted by atomic mass is 16.5. The van der Waals surface area contributed by atoms with E-state index in [2.05, 4.69) is 30.5 Å². The van der Waals surface area contributed by atoms with Gasteiger partial charge in [0.2, 0.25) is 11.9 Å². The van der Waals surface area contributed by atoms with Crippen molar-refractivity contribution in [3.8, 4) is 5.75 Å². The number of piperazine rings is 1. The van der Waals surface area contributed by atoms with Crippen molar-refractivity contribution in [2.75, 3.05) is 57.3 Å². The number of benzene rings is 1. The second kappa shape index (κ2) is 12.4. The van der Waals surface area contributed by atoms with Gasteiger partial charge in [0.1, 0.15) is 12.4 Å². The number of anilines is 1. The number of aliphatic imine (C=N–C) groups is 1. The molecule has 1 aliphatic rings. The van der Waals surface area contributed by atoms with Crippen molar-refractivity contribution >= 4 is 17.8 Å². The second-order valence-corrected chi connectivity index (χ2v) is 7.02. The summed E-state index contributed by atoms with van der Waals surface area (Å²) in [5.41, 5.74) is 0. The standard InChI is InChI=1S/C22H31N7O2/c1-2-23-21(25-13-18-31-19-7-4-3-5-8-19)24-12-9-20(30)28-14-16-29(17-15-28)22-26-10-6-11-27-22/h3-8,10-11H,2,9,12-18H2,1H3,(H2,23,24,25). The lowest BCUT2D eigenvalue weighted by molar-refractivity contribution is -0.131. The Balaban J connectivity index is 1.36. The van der Waals surface area contributed by atoms with Gasteiger partial charge in [0, 0.05) is 51.5 Å². The van der Waals surface area contributed by atoms with E-state index in [1.807, 2.05) is 42.2 Å². The molecule has 9 nitrogen and oxygen atoms in total.